The Bertz CT molecular complexity index is 863. The number of alkyl carbamates (subject to hydrolysis) is 2. The molecule has 0 spiro atoms. The molecule has 0 aromatic rings. The van der Waals surface area contributed by atoms with Gasteiger partial charge in [-0.2, -0.15) is 0 Å². The number of carbonyl (C=O) groups is 4. The van der Waals surface area contributed by atoms with Gasteiger partial charge in [-0.1, -0.05) is 19.6 Å². The van der Waals surface area contributed by atoms with Crippen molar-refractivity contribution < 1.29 is 38.1 Å². The molecule has 0 bridgehead atoms. The summed E-state index contributed by atoms with van der Waals surface area (Å²) in [6.45, 7) is 11.4. The number of carbonyl (C=O) groups excluding carboxylic acids is 4. The highest BCUT2D eigenvalue weighted by molar-refractivity contribution is 5.87. The number of hydrogen-bond acceptors (Lipinski definition) is 8. The topological polar surface area (TPSA) is 129 Å². The molecule has 3 fully saturated rings. The largest absolute Gasteiger partial charge is 0.455 e. The summed E-state index contributed by atoms with van der Waals surface area (Å²) in [5.41, 5.74) is 0.649. The fourth-order valence-corrected chi connectivity index (χ4v) is 5.73. The molecular weight excluding hydrogens is 516 g/mol. The van der Waals surface area contributed by atoms with E-state index >= 15 is 0 Å². The third kappa shape index (κ3) is 10.2. The number of amides is 2. The second-order valence-corrected chi connectivity index (χ2v) is 11.6. The summed E-state index contributed by atoms with van der Waals surface area (Å²) in [5, 5.41) is 5.77. The lowest BCUT2D eigenvalue weighted by Crippen LogP contribution is -2.42. The van der Waals surface area contributed by atoms with E-state index in [0.717, 1.165) is 51.4 Å². The van der Waals surface area contributed by atoms with Crippen molar-refractivity contribution in [1.82, 2.24) is 10.6 Å². The van der Waals surface area contributed by atoms with Gasteiger partial charge >= 0.3 is 24.1 Å². The molecule has 3 saturated carbocycles. The first-order chi connectivity index (χ1) is 19.1. The molecule has 3 rings (SSSR count). The molecule has 10 heteroatoms. The molecule has 2 amide bonds. The molecule has 0 saturated heterocycles. The quantitative estimate of drug-likeness (QED) is 0.214. The molecule has 2 N–H and O–H groups in total. The van der Waals surface area contributed by atoms with Crippen molar-refractivity contribution in [3.05, 3.63) is 24.3 Å². The van der Waals surface area contributed by atoms with Crippen molar-refractivity contribution in [3.8, 4) is 0 Å². The average Bonchev–Trinajstić information content (AvgIpc) is 2.93. The Balaban J connectivity index is 1.37. The van der Waals surface area contributed by atoms with Crippen molar-refractivity contribution in [3.63, 3.8) is 0 Å². The van der Waals surface area contributed by atoms with Gasteiger partial charge in [-0.15, -0.1) is 0 Å². The second-order valence-electron chi connectivity index (χ2n) is 11.6. The van der Waals surface area contributed by atoms with Gasteiger partial charge in [0.2, 0.25) is 0 Å². The Kier molecular flexibility index (Phi) is 12.3. The van der Waals surface area contributed by atoms with Gasteiger partial charge in [-0.05, 0) is 96.3 Å². The number of nitrogens with one attached hydrogen (secondary N) is 2. The van der Waals surface area contributed by atoms with Gasteiger partial charge in [0.1, 0.15) is 24.4 Å². The van der Waals surface area contributed by atoms with E-state index in [2.05, 4.69) is 23.8 Å². The number of esters is 2. The van der Waals surface area contributed by atoms with E-state index in [9.17, 15) is 19.2 Å². The molecule has 6 atom stereocenters. The van der Waals surface area contributed by atoms with E-state index in [1.165, 1.54) is 0 Å². The monoisotopic (exact) mass is 562 g/mol. The third-order valence-corrected chi connectivity index (χ3v) is 7.98. The lowest BCUT2D eigenvalue weighted by Gasteiger charge is -2.32. The van der Waals surface area contributed by atoms with Crippen molar-refractivity contribution >= 4 is 24.1 Å². The van der Waals surface area contributed by atoms with Gasteiger partial charge in [0.15, 0.2) is 0 Å². The molecule has 0 heterocycles. The Morgan fingerprint density at radius 1 is 0.575 bits per heavy atom. The molecule has 224 valence electrons. The SMILES string of the molecule is C=C(C)C(=O)OC1CCCCC1OC(=O)NCC1CCCC(CNC(=O)OC2CCCCC2OC(=O)C(=C)C)C1. The van der Waals surface area contributed by atoms with Gasteiger partial charge < -0.3 is 29.6 Å². The van der Waals surface area contributed by atoms with Gasteiger partial charge in [0, 0.05) is 24.2 Å². The predicted molar refractivity (Wildman–Crippen MR) is 148 cm³/mol. The van der Waals surface area contributed by atoms with Crippen molar-refractivity contribution in [2.45, 2.75) is 115 Å². The maximum absolute atomic E-state index is 12.5. The highest BCUT2D eigenvalue weighted by atomic mass is 16.6. The Hall–Kier alpha value is -3.04. The van der Waals surface area contributed by atoms with Crippen LogP contribution in [0.3, 0.4) is 0 Å². The Labute approximate surface area is 237 Å². The molecular formula is C30H46N2O8. The van der Waals surface area contributed by atoms with Crippen LogP contribution in [0.2, 0.25) is 0 Å². The zero-order valence-corrected chi connectivity index (χ0v) is 24.0. The smallest absolute Gasteiger partial charge is 0.407 e. The maximum atomic E-state index is 12.5. The highest BCUT2D eigenvalue weighted by Gasteiger charge is 2.33. The Morgan fingerprint density at radius 2 is 0.925 bits per heavy atom. The van der Waals surface area contributed by atoms with Crippen LogP contribution in [0.4, 0.5) is 9.59 Å². The fourth-order valence-electron chi connectivity index (χ4n) is 5.73. The molecule has 40 heavy (non-hydrogen) atoms. The molecule has 0 radical (unpaired) electrons. The lowest BCUT2D eigenvalue weighted by atomic mass is 9.81. The standard InChI is InChI=1S/C30H46N2O8/c1-19(2)27(33)37-23-12-5-7-14-25(23)39-29(35)31-17-21-10-9-11-22(16-21)18-32-30(36)40-26-15-8-6-13-24(26)38-28(34)20(3)4/h21-26H,1,3,5-18H2,2,4H3,(H,31,35)(H,32,36). The van der Waals surface area contributed by atoms with Crippen LogP contribution < -0.4 is 10.6 Å². The van der Waals surface area contributed by atoms with Gasteiger partial charge in [-0.25, -0.2) is 19.2 Å². The van der Waals surface area contributed by atoms with Crippen LogP contribution in [0, 0.1) is 11.8 Å². The van der Waals surface area contributed by atoms with Crippen LogP contribution in [-0.4, -0.2) is 61.6 Å². The summed E-state index contributed by atoms with van der Waals surface area (Å²) in [4.78, 5) is 49.0. The lowest BCUT2D eigenvalue weighted by molar-refractivity contribution is -0.153. The van der Waals surface area contributed by atoms with Crippen LogP contribution in [0.1, 0.15) is 90.9 Å². The minimum atomic E-state index is -0.499. The number of rotatable bonds is 10. The third-order valence-electron chi connectivity index (χ3n) is 7.98. The summed E-state index contributed by atoms with van der Waals surface area (Å²) in [6.07, 6.45) is 7.36. The minimum Gasteiger partial charge on any atom is -0.455 e. The first kappa shape index (κ1) is 31.5. The molecule has 6 unspecified atom stereocenters. The van der Waals surface area contributed by atoms with E-state index in [0.29, 0.717) is 49.9 Å². The summed E-state index contributed by atoms with van der Waals surface area (Å²) in [7, 11) is 0. The van der Waals surface area contributed by atoms with Crippen LogP contribution in [0.15, 0.2) is 24.3 Å². The first-order valence-electron chi connectivity index (χ1n) is 14.7. The van der Waals surface area contributed by atoms with Gasteiger partial charge in [0.05, 0.1) is 0 Å². The molecule has 0 aromatic carbocycles. The highest BCUT2D eigenvalue weighted by Crippen LogP contribution is 2.29. The Morgan fingerprint density at radius 3 is 1.27 bits per heavy atom. The number of ether oxygens (including phenoxy) is 4. The van der Waals surface area contributed by atoms with Crippen LogP contribution >= 0.6 is 0 Å². The minimum absolute atomic E-state index is 0.275. The maximum Gasteiger partial charge on any atom is 0.407 e. The molecule has 0 aliphatic heterocycles. The summed E-state index contributed by atoms with van der Waals surface area (Å²) in [5.74, 6) is -0.374. The van der Waals surface area contributed by atoms with Crippen molar-refractivity contribution in [2.24, 2.45) is 11.8 Å². The first-order valence-corrected chi connectivity index (χ1v) is 14.7. The molecule has 10 nitrogen and oxygen atoms in total. The summed E-state index contributed by atoms with van der Waals surface area (Å²) < 4.78 is 22.2. The molecule has 3 aliphatic rings. The van der Waals surface area contributed by atoms with Crippen LogP contribution in [0.5, 0.6) is 0 Å². The van der Waals surface area contributed by atoms with E-state index in [4.69, 9.17) is 18.9 Å². The van der Waals surface area contributed by atoms with E-state index < -0.39 is 48.5 Å². The normalized spacial score (nSPS) is 28.4. The zero-order chi connectivity index (χ0) is 29.1. The van der Waals surface area contributed by atoms with Crippen molar-refractivity contribution in [1.29, 1.82) is 0 Å². The van der Waals surface area contributed by atoms with E-state index in [1.54, 1.807) is 13.8 Å². The zero-order valence-electron chi connectivity index (χ0n) is 24.0. The number of hydrogen-bond donors (Lipinski definition) is 2. The van der Waals surface area contributed by atoms with Crippen LogP contribution in [0.25, 0.3) is 0 Å². The fraction of sp³-hybridized carbons (Fsp3) is 0.733. The van der Waals surface area contributed by atoms with E-state index in [1.807, 2.05) is 0 Å². The van der Waals surface area contributed by atoms with Crippen LogP contribution in [-0.2, 0) is 28.5 Å². The predicted octanol–water partition coefficient (Wildman–Crippen LogP) is 5.11. The van der Waals surface area contributed by atoms with Gasteiger partial charge in [-0.3, -0.25) is 0 Å². The molecule has 0 aromatic heterocycles. The average molecular weight is 563 g/mol. The second kappa shape index (κ2) is 15.7. The van der Waals surface area contributed by atoms with E-state index in [-0.39, 0.29) is 11.8 Å². The van der Waals surface area contributed by atoms with Crippen molar-refractivity contribution in [2.75, 3.05) is 13.1 Å². The molecule has 3 aliphatic carbocycles. The summed E-state index contributed by atoms with van der Waals surface area (Å²) in [6, 6.07) is 0. The summed E-state index contributed by atoms with van der Waals surface area (Å²) >= 11 is 0. The van der Waals surface area contributed by atoms with Gasteiger partial charge in [0.25, 0.3) is 0 Å².